The molecule has 0 saturated heterocycles. The van der Waals surface area contributed by atoms with Gasteiger partial charge < -0.3 is 5.73 Å². The zero-order valence-corrected chi connectivity index (χ0v) is 12.4. The van der Waals surface area contributed by atoms with Crippen molar-refractivity contribution >= 4 is 17.0 Å². The third-order valence-electron chi connectivity index (χ3n) is 4.17. The quantitative estimate of drug-likeness (QED) is 0.723. The highest BCUT2D eigenvalue weighted by atomic mass is 32.1. The molecule has 1 aliphatic carbocycles. The average molecular weight is 292 g/mol. The Balaban J connectivity index is 1.72. The van der Waals surface area contributed by atoms with Gasteiger partial charge in [0, 0.05) is 22.0 Å². The second-order valence-corrected chi connectivity index (χ2v) is 6.47. The molecule has 1 fully saturated rings. The zero-order chi connectivity index (χ0) is 14.3. The summed E-state index contributed by atoms with van der Waals surface area (Å²) in [6.07, 6.45) is 2.39. The third-order valence-corrected chi connectivity index (χ3v) is 5.22. The van der Waals surface area contributed by atoms with Crippen LogP contribution in [0.3, 0.4) is 0 Å². The number of benzene rings is 2. The van der Waals surface area contributed by atoms with E-state index < -0.39 is 0 Å². The van der Waals surface area contributed by atoms with Gasteiger partial charge in [0.25, 0.3) is 0 Å². The van der Waals surface area contributed by atoms with Crippen LogP contribution in [0.25, 0.3) is 11.3 Å². The van der Waals surface area contributed by atoms with Crippen molar-refractivity contribution in [3.63, 3.8) is 0 Å². The van der Waals surface area contributed by atoms with E-state index in [4.69, 9.17) is 10.7 Å². The fourth-order valence-corrected chi connectivity index (χ4v) is 3.94. The summed E-state index contributed by atoms with van der Waals surface area (Å²) < 4.78 is 0. The van der Waals surface area contributed by atoms with E-state index in [1.165, 1.54) is 23.4 Å². The Morgan fingerprint density at radius 3 is 2.52 bits per heavy atom. The summed E-state index contributed by atoms with van der Waals surface area (Å²) in [6.45, 7) is 0. The molecule has 1 saturated carbocycles. The first-order chi connectivity index (χ1) is 10.3. The molecule has 4 rings (SSSR count). The monoisotopic (exact) mass is 292 g/mol. The van der Waals surface area contributed by atoms with Gasteiger partial charge in [-0.05, 0) is 30.5 Å². The summed E-state index contributed by atoms with van der Waals surface area (Å²) in [5, 5.41) is 3.37. The van der Waals surface area contributed by atoms with Crippen molar-refractivity contribution in [2.24, 2.45) is 0 Å². The molecule has 0 spiro atoms. The van der Waals surface area contributed by atoms with Crippen molar-refractivity contribution in [2.45, 2.75) is 18.3 Å². The number of anilines is 1. The maximum atomic E-state index is 5.87. The Labute approximate surface area is 128 Å². The van der Waals surface area contributed by atoms with Crippen LogP contribution in [0.1, 0.15) is 23.4 Å². The highest BCUT2D eigenvalue weighted by Crippen LogP contribution is 2.54. The van der Waals surface area contributed by atoms with Crippen LogP contribution < -0.4 is 5.73 Å². The molecule has 2 N–H and O–H groups in total. The van der Waals surface area contributed by atoms with Crippen molar-refractivity contribution in [1.29, 1.82) is 0 Å². The molecule has 104 valence electrons. The van der Waals surface area contributed by atoms with Gasteiger partial charge in [-0.3, -0.25) is 0 Å². The van der Waals surface area contributed by atoms with Crippen LogP contribution in [-0.2, 0) is 5.41 Å². The molecule has 21 heavy (non-hydrogen) atoms. The molecule has 1 heterocycles. The smallest absolute Gasteiger partial charge is 0.104 e. The third kappa shape index (κ3) is 2.14. The van der Waals surface area contributed by atoms with Crippen LogP contribution in [0, 0.1) is 0 Å². The molecule has 0 unspecified atom stereocenters. The van der Waals surface area contributed by atoms with Crippen LogP contribution in [0.15, 0.2) is 60.0 Å². The van der Waals surface area contributed by atoms with Crippen molar-refractivity contribution in [1.82, 2.24) is 4.98 Å². The molecule has 2 nitrogen and oxygen atoms in total. The molecule has 3 aromatic rings. The van der Waals surface area contributed by atoms with Gasteiger partial charge in [0.2, 0.25) is 0 Å². The second-order valence-electron chi connectivity index (χ2n) is 5.61. The number of hydrogen-bond acceptors (Lipinski definition) is 3. The summed E-state index contributed by atoms with van der Waals surface area (Å²) in [5.74, 6) is 0. The molecule has 1 aliphatic rings. The molecule has 1 aromatic heterocycles. The predicted molar refractivity (Wildman–Crippen MR) is 88.4 cm³/mol. The summed E-state index contributed by atoms with van der Waals surface area (Å²) in [6, 6.07) is 18.7. The topological polar surface area (TPSA) is 38.9 Å². The van der Waals surface area contributed by atoms with Crippen molar-refractivity contribution in [3.8, 4) is 11.3 Å². The summed E-state index contributed by atoms with van der Waals surface area (Å²) in [7, 11) is 0. The number of rotatable bonds is 3. The van der Waals surface area contributed by atoms with Gasteiger partial charge in [0.15, 0.2) is 0 Å². The lowest BCUT2D eigenvalue weighted by atomic mass is 9.97. The Morgan fingerprint density at radius 2 is 1.81 bits per heavy atom. The average Bonchev–Trinajstić information content (AvgIpc) is 3.18. The lowest BCUT2D eigenvalue weighted by molar-refractivity contribution is 0.834. The Hall–Kier alpha value is -2.13. The van der Waals surface area contributed by atoms with E-state index in [0.717, 1.165) is 16.9 Å². The SMILES string of the molecule is Nc1cccc(-c2csc(C3(c4ccccc4)CC3)n2)c1. The van der Waals surface area contributed by atoms with Gasteiger partial charge in [-0.25, -0.2) is 4.98 Å². The van der Waals surface area contributed by atoms with Gasteiger partial charge in [-0.2, -0.15) is 0 Å². The van der Waals surface area contributed by atoms with E-state index in [1.807, 2.05) is 18.2 Å². The fourth-order valence-electron chi connectivity index (χ4n) is 2.83. The number of hydrogen-bond donors (Lipinski definition) is 1. The summed E-state index contributed by atoms with van der Waals surface area (Å²) in [4.78, 5) is 4.90. The number of nitrogens with two attached hydrogens (primary N) is 1. The molecule has 2 aromatic carbocycles. The largest absolute Gasteiger partial charge is 0.399 e. The van der Waals surface area contributed by atoms with Gasteiger partial charge in [-0.1, -0.05) is 42.5 Å². The van der Waals surface area contributed by atoms with Crippen molar-refractivity contribution < 1.29 is 0 Å². The number of nitrogens with zero attached hydrogens (tertiary/aromatic N) is 1. The van der Waals surface area contributed by atoms with Crippen LogP contribution in [0.2, 0.25) is 0 Å². The van der Waals surface area contributed by atoms with Gasteiger partial charge in [0.05, 0.1) is 5.69 Å². The minimum Gasteiger partial charge on any atom is -0.399 e. The molecular weight excluding hydrogens is 276 g/mol. The van der Waals surface area contributed by atoms with Crippen LogP contribution >= 0.6 is 11.3 Å². The predicted octanol–water partition coefficient (Wildman–Crippen LogP) is 4.47. The Morgan fingerprint density at radius 1 is 1.00 bits per heavy atom. The molecule has 0 radical (unpaired) electrons. The molecule has 3 heteroatoms. The van der Waals surface area contributed by atoms with Gasteiger partial charge >= 0.3 is 0 Å². The first-order valence-corrected chi connectivity index (χ1v) is 8.03. The minimum absolute atomic E-state index is 0.157. The molecule has 0 atom stereocenters. The Bertz CT molecular complexity index is 773. The standard InChI is InChI=1S/C18H16N2S/c19-15-8-4-5-13(11-15)16-12-21-17(20-16)18(9-10-18)14-6-2-1-3-7-14/h1-8,11-12H,9-10,19H2. The lowest BCUT2D eigenvalue weighted by Gasteiger charge is -2.12. The van der Waals surface area contributed by atoms with Gasteiger partial charge in [0.1, 0.15) is 5.01 Å². The van der Waals surface area contributed by atoms with Crippen molar-refractivity contribution in [3.05, 3.63) is 70.5 Å². The second kappa shape index (κ2) is 4.71. The highest BCUT2D eigenvalue weighted by Gasteiger charge is 2.48. The maximum absolute atomic E-state index is 5.87. The first kappa shape index (κ1) is 12.6. The van der Waals surface area contributed by atoms with E-state index >= 15 is 0 Å². The first-order valence-electron chi connectivity index (χ1n) is 7.15. The van der Waals surface area contributed by atoms with E-state index in [-0.39, 0.29) is 5.41 Å². The van der Waals surface area contributed by atoms with Crippen LogP contribution in [0.4, 0.5) is 5.69 Å². The van der Waals surface area contributed by atoms with E-state index in [9.17, 15) is 0 Å². The normalized spacial score (nSPS) is 15.8. The minimum atomic E-state index is 0.157. The van der Waals surface area contributed by atoms with E-state index in [0.29, 0.717) is 0 Å². The molecule has 0 amide bonds. The lowest BCUT2D eigenvalue weighted by Crippen LogP contribution is -2.07. The summed E-state index contributed by atoms with van der Waals surface area (Å²) in [5.41, 5.74) is 10.3. The number of aromatic nitrogens is 1. The van der Waals surface area contributed by atoms with Crippen LogP contribution in [0.5, 0.6) is 0 Å². The van der Waals surface area contributed by atoms with E-state index in [1.54, 1.807) is 11.3 Å². The number of thiazole rings is 1. The fraction of sp³-hybridized carbons (Fsp3) is 0.167. The Kier molecular flexibility index (Phi) is 2.82. The molecule has 0 aliphatic heterocycles. The van der Waals surface area contributed by atoms with Gasteiger partial charge in [-0.15, -0.1) is 11.3 Å². The molecular formula is C18H16N2S. The van der Waals surface area contributed by atoms with Crippen LogP contribution in [-0.4, -0.2) is 4.98 Å². The summed E-state index contributed by atoms with van der Waals surface area (Å²) >= 11 is 1.76. The number of nitrogen functional groups attached to an aromatic ring is 1. The van der Waals surface area contributed by atoms with Crippen molar-refractivity contribution in [2.75, 3.05) is 5.73 Å². The zero-order valence-electron chi connectivity index (χ0n) is 11.6. The maximum Gasteiger partial charge on any atom is 0.104 e. The highest BCUT2D eigenvalue weighted by molar-refractivity contribution is 7.10. The molecule has 0 bridgehead atoms. The van der Waals surface area contributed by atoms with E-state index in [2.05, 4.69) is 41.8 Å².